The first-order valence-electron chi connectivity index (χ1n) is 7.11. The second kappa shape index (κ2) is 5.33. The van der Waals surface area contributed by atoms with Gasteiger partial charge in [-0.3, -0.25) is 4.79 Å². The number of hydrogen-bond acceptors (Lipinski definition) is 4. The Morgan fingerprint density at radius 3 is 2.95 bits per heavy atom. The molecule has 1 aromatic heterocycles. The highest BCUT2D eigenvalue weighted by atomic mass is 16.5. The number of nitrogens with zero attached hydrogens (tertiary/aromatic N) is 2. The summed E-state index contributed by atoms with van der Waals surface area (Å²) in [6.45, 7) is 5.01. The molecule has 1 saturated carbocycles. The lowest BCUT2D eigenvalue weighted by Gasteiger charge is -2.22. The molecule has 1 saturated heterocycles. The average Bonchev–Trinajstić information content (AvgIpc) is 2.95. The Hall–Kier alpha value is -1.36. The predicted molar refractivity (Wildman–Crippen MR) is 69.0 cm³/mol. The van der Waals surface area contributed by atoms with Gasteiger partial charge in [0.2, 0.25) is 0 Å². The molecule has 0 unspecified atom stereocenters. The molecule has 1 aliphatic heterocycles. The molecule has 1 aliphatic carbocycles. The third-order valence-corrected chi connectivity index (χ3v) is 3.90. The molecule has 2 aliphatic rings. The fourth-order valence-electron chi connectivity index (χ4n) is 2.51. The molecule has 0 N–H and O–H groups in total. The van der Waals surface area contributed by atoms with Gasteiger partial charge in [0.25, 0.3) is 5.91 Å². The van der Waals surface area contributed by atoms with E-state index in [1.807, 2.05) is 17.9 Å². The molecule has 0 aromatic carbocycles. The van der Waals surface area contributed by atoms with Gasteiger partial charge in [0.05, 0.1) is 6.61 Å². The van der Waals surface area contributed by atoms with Crippen LogP contribution in [0.2, 0.25) is 0 Å². The Morgan fingerprint density at radius 2 is 2.32 bits per heavy atom. The zero-order valence-electron chi connectivity index (χ0n) is 11.3. The molecule has 2 fully saturated rings. The van der Waals surface area contributed by atoms with Crippen LogP contribution in [0.4, 0.5) is 0 Å². The molecule has 0 radical (unpaired) electrons. The Bertz CT molecular complexity index is 447. The van der Waals surface area contributed by atoms with Gasteiger partial charge < -0.3 is 14.2 Å². The summed E-state index contributed by atoms with van der Waals surface area (Å²) in [6, 6.07) is 1.81. The van der Waals surface area contributed by atoms with Crippen molar-refractivity contribution in [3.05, 3.63) is 17.5 Å². The smallest absolute Gasteiger partial charge is 0.276 e. The summed E-state index contributed by atoms with van der Waals surface area (Å²) in [5, 5.41) is 3.92. The van der Waals surface area contributed by atoms with Gasteiger partial charge in [0.1, 0.15) is 5.76 Å². The summed E-state index contributed by atoms with van der Waals surface area (Å²) in [4.78, 5) is 14.2. The Morgan fingerprint density at radius 1 is 1.47 bits per heavy atom. The average molecular weight is 264 g/mol. The number of aromatic nitrogens is 1. The molecule has 5 heteroatoms. The highest BCUT2D eigenvalue weighted by Gasteiger charge is 2.30. The monoisotopic (exact) mass is 264 g/mol. The lowest BCUT2D eigenvalue weighted by molar-refractivity contribution is 0.0720. The summed E-state index contributed by atoms with van der Waals surface area (Å²) in [7, 11) is 0. The molecule has 2 heterocycles. The largest absolute Gasteiger partial charge is 0.381 e. The van der Waals surface area contributed by atoms with Crippen molar-refractivity contribution in [1.29, 1.82) is 0 Å². The number of ether oxygens (including phenoxy) is 1. The molecule has 1 atom stereocenters. The van der Waals surface area contributed by atoms with Crippen molar-refractivity contribution in [1.82, 2.24) is 10.1 Å². The maximum atomic E-state index is 12.4. The number of carbonyl (C=O) groups excluding carboxylic acids is 1. The van der Waals surface area contributed by atoms with E-state index in [0.717, 1.165) is 44.8 Å². The SMILES string of the molecule is CCN(C[C@H]1CCOC1)C(=O)c1cc(C2CC2)on1. The van der Waals surface area contributed by atoms with Gasteiger partial charge in [-0.2, -0.15) is 0 Å². The molecule has 1 aromatic rings. The zero-order chi connectivity index (χ0) is 13.2. The van der Waals surface area contributed by atoms with E-state index in [-0.39, 0.29) is 5.91 Å². The molecular formula is C14H20N2O3. The summed E-state index contributed by atoms with van der Waals surface area (Å²) < 4.78 is 10.6. The van der Waals surface area contributed by atoms with Gasteiger partial charge >= 0.3 is 0 Å². The van der Waals surface area contributed by atoms with Gasteiger partial charge in [-0.15, -0.1) is 0 Å². The number of carbonyl (C=O) groups is 1. The lowest BCUT2D eigenvalue weighted by atomic mass is 10.1. The first-order valence-corrected chi connectivity index (χ1v) is 7.11. The first kappa shape index (κ1) is 12.7. The summed E-state index contributed by atoms with van der Waals surface area (Å²) >= 11 is 0. The summed E-state index contributed by atoms with van der Waals surface area (Å²) in [5.74, 6) is 1.79. The first-order chi connectivity index (χ1) is 9.28. The van der Waals surface area contributed by atoms with Crippen LogP contribution in [-0.4, -0.2) is 42.3 Å². The normalized spacial score (nSPS) is 22.7. The maximum absolute atomic E-state index is 12.4. The molecular weight excluding hydrogens is 244 g/mol. The molecule has 19 heavy (non-hydrogen) atoms. The van der Waals surface area contributed by atoms with Crippen molar-refractivity contribution in [3.63, 3.8) is 0 Å². The van der Waals surface area contributed by atoms with Gasteiger partial charge in [0.15, 0.2) is 5.69 Å². The van der Waals surface area contributed by atoms with Gasteiger partial charge in [0, 0.05) is 37.6 Å². The topological polar surface area (TPSA) is 55.6 Å². The van der Waals surface area contributed by atoms with E-state index >= 15 is 0 Å². The fourth-order valence-corrected chi connectivity index (χ4v) is 2.51. The molecule has 0 spiro atoms. The Labute approximate surface area is 112 Å². The van der Waals surface area contributed by atoms with Crippen LogP contribution in [0, 0.1) is 5.92 Å². The minimum Gasteiger partial charge on any atom is -0.381 e. The quantitative estimate of drug-likeness (QED) is 0.816. The Balaban J connectivity index is 1.64. The second-order valence-electron chi connectivity index (χ2n) is 5.46. The standard InChI is InChI=1S/C14H20N2O3/c1-2-16(8-10-5-6-18-9-10)14(17)12-7-13(19-15-12)11-3-4-11/h7,10-11H,2-6,8-9H2,1H3/t10-/m1/s1. The van der Waals surface area contributed by atoms with Crippen molar-refractivity contribution in [3.8, 4) is 0 Å². The minimum absolute atomic E-state index is 0.0231. The maximum Gasteiger partial charge on any atom is 0.276 e. The van der Waals surface area contributed by atoms with E-state index in [0.29, 0.717) is 24.1 Å². The molecule has 5 nitrogen and oxygen atoms in total. The van der Waals surface area contributed by atoms with Crippen LogP contribution in [0.5, 0.6) is 0 Å². The van der Waals surface area contributed by atoms with Crippen LogP contribution in [0.15, 0.2) is 10.6 Å². The highest BCUT2D eigenvalue weighted by molar-refractivity contribution is 5.92. The second-order valence-corrected chi connectivity index (χ2v) is 5.46. The van der Waals surface area contributed by atoms with Crippen LogP contribution in [0.25, 0.3) is 0 Å². The van der Waals surface area contributed by atoms with Crippen molar-refractivity contribution >= 4 is 5.91 Å². The van der Waals surface area contributed by atoms with Crippen molar-refractivity contribution in [2.45, 2.75) is 32.1 Å². The number of amides is 1. The molecule has 3 rings (SSSR count). The zero-order valence-corrected chi connectivity index (χ0v) is 11.3. The van der Waals surface area contributed by atoms with E-state index in [1.165, 1.54) is 0 Å². The number of hydrogen-bond donors (Lipinski definition) is 0. The van der Waals surface area contributed by atoms with Crippen LogP contribution in [-0.2, 0) is 4.74 Å². The fraction of sp³-hybridized carbons (Fsp3) is 0.714. The van der Waals surface area contributed by atoms with E-state index in [9.17, 15) is 4.79 Å². The third-order valence-electron chi connectivity index (χ3n) is 3.90. The van der Waals surface area contributed by atoms with Gasteiger partial charge in [-0.25, -0.2) is 0 Å². The van der Waals surface area contributed by atoms with Crippen LogP contribution < -0.4 is 0 Å². The van der Waals surface area contributed by atoms with E-state index in [4.69, 9.17) is 9.26 Å². The van der Waals surface area contributed by atoms with Gasteiger partial charge in [-0.1, -0.05) is 5.16 Å². The highest BCUT2D eigenvalue weighted by Crippen LogP contribution is 2.40. The van der Waals surface area contributed by atoms with Crippen LogP contribution >= 0.6 is 0 Å². The Kier molecular flexibility index (Phi) is 3.55. The van der Waals surface area contributed by atoms with Crippen molar-refractivity contribution < 1.29 is 14.1 Å². The molecule has 1 amide bonds. The molecule has 0 bridgehead atoms. The lowest BCUT2D eigenvalue weighted by Crippen LogP contribution is -2.35. The van der Waals surface area contributed by atoms with Crippen LogP contribution in [0.3, 0.4) is 0 Å². The minimum atomic E-state index is -0.0231. The van der Waals surface area contributed by atoms with E-state index in [2.05, 4.69) is 5.16 Å². The predicted octanol–water partition coefficient (Wildman–Crippen LogP) is 2.05. The number of rotatable bonds is 5. The van der Waals surface area contributed by atoms with Crippen molar-refractivity contribution in [2.75, 3.05) is 26.3 Å². The van der Waals surface area contributed by atoms with Crippen LogP contribution in [0.1, 0.15) is 48.4 Å². The van der Waals surface area contributed by atoms with Gasteiger partial charge in [-0.05, 0) is 26.2 Å². The van der Waals surface area contributed by atoms with E-state index in [1.54, 1.807) is 0 Å². The van der Waals surface area contributed by atoms with Crippen molar-refractivity contribution in [2.24, 2.45) is 5.92 Å². The third kappa shape index (κ3) is 2.81. The summed E-state index contributed by atoms with van der Waals surface area (Å²) in [6.07, 6.45) is 3.34. The summed E-state index contributed by atoms with van der Waals surface area (Å²) in [5.41, 5.74) is 0.447. The molecule has 104 valence electrons. The van der Waals surface area contributed by atoms with E-state index < -0.39 is 0 Å².